The molecule has 5 nitrogen and oxygen atoms in total. The Morgan fingerprint density at radius 3 is 2.50 bits per heavy atom. The number of likely N-dealkylation sites (tertiary alicyclic amines) is 1. The van der Waals surface area contributed by atoms with Crippen molar-refractivity contribution in [1.29, 1.82) is 0 Å². The van der Waals surface area contributed by atoms with Crippen LogP contribution < -0.4 is 5.73 Å². The Balaban J connectivity index is 1.96. The maximum Gasteiger partial charge on any atom is 0.471 e. The van der Waals surface area contributed by atoms with Crippen LogP contribution in [0.4, 0.5) is 13.2 Å². The minimum absolute atomic E-state index is 0.0899. The zero-order chi connectivity index (χ0) is 13.2. The van der Waals surface area contributed by atoms with Crippen LogP contribution in [-0.4, -0.2) is 34.7 Å². The van der Waals surface area contributed by atoms with E-state index in [0.29, 0.717) is 6.54 Å². The van der Waals surface area contributed by atoms with Crippen molar-refractivity contribution < 1.29 is 17.7 Å². The molecule has 2 N–H and O–H groups in total. The van der Waals surface area contributed by atoms with E-state index in [4.69, 9.17) is 5.73 Å². The van der Waals surface area contributed by atoms with E-state index in [0.717, 1.165) is 25.9 Å². The van der Waals surface area contributed by atoms with Crippen molar-refractivity contribution >= 4 is 0 Å². The van der Waals surface area contributed by atoms with Crippen LogP contribution in [0, 0.1) is 0 Å². The van der Waals surface area contributed by atoms with Gasteiger partial charge in [0.2, 0.25) is 0 Å². The van der Waals surface area contributed by atoms with Gasteiger partial charge >= 0.3 is 12.1 Å². The summed E-state index contributed by atoms with van der Waals surface area (Å²) in [6, 6.07) is -0.650. The summed E-state index contributed by atoms with van der Waals surface area (Å²) in [5, 5.41) is 3.29. The lowest BCUT2D eigenvalue weighted by Crippen LogP contribution is -2.36. The maximum absolute atomic E-state index is 12.3. The SMILES string of the molecule is NC(CN1CCCCC1)c1noc(C(F)(F)F)n1. The van der Waals surface area contributed by atoms with Gasteiger partial charge in [-0.1, -0.05) is 11.6 Å². The van der Waals surface area contributed by atoms with Gasteiger partial charge in [-0.15, -0.1) is 0 Å². The van der Waals surface area contributed by atoms with Crippen LogP contribution in [0.25, 0.3) is 0 Å². The summed E-state index contributed by atoms with van der Waals surface area (Å²) in [5.41, 5.74) is 5.79. The highest BCUT2D eigenvalue weighted by molar-refractivity contribution is 4.96. The zero-order valence-electron chi connectivity index (χ0n) is 9.78. The van der Waals surface area contributed by atoms with Crippen molar-refractivity contribution in [2.45, 2.75) is 31.5 Å². The number of alkyl halides is 3. The van der Waals surface area contributed by atoms with E-state index in [1.165, 1.54) is 6.42 Å². The molecule has 102 valence electrons. The first-order valence-corrected chi connectivity index (χ1v) is 5.85. The van der Waals surface area contributed by atoms with Gasteiger partial charge in [0.1, 0.15) is 0 Å². The molecule has 0 bridgehead atoms. The molecule has 1 aliphatic heterocycles. The predicted octanol–water partition coefficient (Wildman–Crippen LogP) is 1.57. The van der Waals surface area contributed by atoms with Gasteiger partial charge in [0.25, 0.3) is 0 Å². The van der Waals surface area contributed by atoms with Crippen LogP contribution >= 0.6 is 0 Å². The van der Waals surface area contributed by atoms with Gasteiger partial charge in [-0.2, -0.15) is 18.2 Å². The van der Waals surface area contributed by atoms with Crippen molar-refractivity contribution in [3.05, 3.63) is 11.7 Å². The minimum atomic E-state index is -4.61. The Morgan fingerprint density at radius 1 is 1.28 bits per heavy atom. The van der Waals surface area contributed by atoms with Gasteiger partial charge in [-0.05, 0) is 25.9 Å². The van der Waals surface area contributed by atoms with E-state index < -0.39 is 18.1 Å². The Morgan fingerprint density at radius 2 is 1.94 bits per heavy atom. The Kier molecular flexibility index (Phi) is 3.86. The van der Waals surface area contributed by atoms with Crippen LogP contribution in [0.2, 0.25) is 0 Å². The summed E-state index contributed by atoms with van der Waals surface area (Å²) in [5.74, 6) is -1.43. The Hall–Kier alpha value is -1.15. The first-order valence-electron chi connectivity index (χ1n) is 5.85. The largest absolute Gasteiger partial charge is 0.471 e. The van der Waals surface area contributed by atoms with Gasteiger partial charge in [0, 0.05) is 6.54 Å². The maximum atomic E-state index is 12.3. The van der Waals surface area contributed by atoms with Gasteiger partial charge in [0.15, 0.2) is 5.82 Å². The van der Waals surface area contributed by atoms with Crippen LogP contribution in [0.15, 0.2) is 4.52 Å². The molecule has 1 fully saturated rings. The quantitative estimate of drug-likeness (QED) is 0.897. The highest BCUT2D eigenvalue weighted by Gasteiger charge is 2.39. The molecule has 0 spiro atoms. The van der Waals surface area contributed by atoms with Crippen molar-refractivity contribution in [3.8, 4) is 0 Å². The van der Waals surface area contributed by atoms with E-state index in [1.54, 1.807) is 0 Å². The molecule has 2 heterocycles. The number of aromatic nitrogens is 2. The van der Waals surface area contributed by atoms with E-state index in [2.05, 4.69) is 19.6 Å². The summed E-state index contributed by atoms with van der Waals surface area (Å²) in [4.78, 5) is 5.40. The molecule has 0 saturated carbocycles. The van der Waals surface area contributed by atoms with E-state index in [1.807, 2.05) is 0 Å². The van der Waals surface area contributed by atoms with E-state index >= 15 is 0 Å². The molecule has 0 amide bonds. The van der Waals surface area contributed by atoms with Crippen molar-refractivity contribution in [2.75, 3.05) is 19.6 Å². The lowest BCUT2D eigenvalue weighted by molar-refractivity contribution is -0.159. The summed E-state index contributed by atoms with van der Waals surface area (Å²) >= 11 is 0. The monoisotopic (exact) mass is 264 g/mol. The molecule has 1 aromatic rings. The highest BCUT2D eigenvalue weighted by Crippen LogP contribution is 2.28. The fourth-order valence-corrected chi connectivity index (χ4v) is 2.00. The van der Waals surface area contributed by atoms with Gasteiger partial charge in [0.05, 0.1) is 6.04 Å². The van der Waals surface area contributed by atoms with Gasteiger partial charge in [-0.3, -0.25) is 0 Å². The predicted molar refractivity (Wildman–Crippen MR) is 56.5 cm³/mol. The van der Waals surface area contributed by atoms with Crippen LogP contribution in [0.5, 0.6) is 0 Å². The number of halogens is 3. The average molecular weight is 264 g/mol. The van der Waals surface area contributed by atoms with E-state index in [9.17, 15) is 13.2 Å². The summed E-state index contributed by atoms with van der Waals surface area (Å²) in [7, 11) is 0. The zero-order valence-corrected chi connectivity index (χ0v) is 9.78. The second-order valence-electron chi connectivity index (χ2n) is 4.42. The molecule has 1 atom stereocenters. The number of piperidine rings is 1. The third-order valence-corrected chi connectivity index (χ3v) is 2.92. The molecule has 18 heavy (non-hydrogen) atoms. The molecular formula is C10H15F3N4O. The number of hydrogen-bond donors (Lipinski definition) is 1. The third kappa shape index (κ3) is 3.20. The molecule has 1 aromatic heterocycles. The van der Waals surface area contributed by atoms with Crippen LogP contribution in [-0.2, 0) is 6.18 Å². The fourth-order valence-electron chi connectivity index (χ4n) is 2.00. The normalized spacial score (nSPS) is 20.0. The van der Waals surface area contributed by atoms with Crippen molar-refractivity contribution in [2.24, 2.45) is 5.73 Å². The van der Waals surface area contributed by atoms with Crippen LogP contribution in [0.1, 0.15) is 37.0 Å². The summed E-state index contributed by atoms with van der Waals surface area (Å²) in [6.45, 7) is 2.28. The summed E-state index contributed by atoms with van der Waals surface area (Å²) < 4.78 is 41.0. The summed E-state index contributed by atoms with van der Waals surface area (Å²) in [6.07, 6.45) is -1.25. The third-order valence-electron chi connectivity index (χ3n) is 2.92. The second kappa shape index (κ2) is 5.23. The van der Waals surface area contributed by atoms with Crippen molar-refractivity contribution in [3.63, 3.8) is 0 Å². The lowest BCUT2D eigenvalue weighted by atomic mass is 10.1. The van der Waals surface area contributed by atoms with Crippen molar-refractivity contribution in [1.82, 2.24) is 15.0 Å². The molecule has 8 heteroatoms. The van der Waals surface area contributed by atoms with Crippen LogP contribution in [0.3, 0.4) is 0 Å². The molecule has 1 saturated heterocycles. The standard InChI is InChI=1S/C10H15F3N4O/c11-10(12,13)9-15-8(16-18-9)7(14)6-17-4-2-1-3-5-17/h7H,1-6,14H2. The molecule has 0 aliphatic carbocycles. The Bertz CT molecular complexity index is 387. The number of rotatable bonds is 3. The van der Waals surface area contributed by atoms with E-state index in [-0.39, 0.29) is 5.82 Å². The van der Waals surface area contributed by atoms with Gasteiger partial charge < -0.3 is 15.2 Å². The minimum Gasteiger partial charge on any atom is -0.329 e. The number of hydrogen-bond acceptors (Lipinski definition) is 5. The molecular weight excluding hydrogens is 249 g/mol. The lowest BCUT2D eigenvalue weighted by Gasteiger charge is -2.27. The van der Waals surface area contributed by atoms with Gasteiger partial charge in [-0.25, -0.2) is 0 Å². The second-order valence-corrected chi connectivity index (χ2v) is 4.42. The fraction of sp³-hybridized carbons (Fsp3) is 0.800. The Labute approximate surface area is 102 Å². The topological polar surface area (TPSA) is 68.2 Å². The molecule has 1 aliphatic rings. The molecule has 2 rings (SSSR count). The average Bonchev–Trinajstić information content (AvgIpc) is 2.79. The smallest absolute Gasteiger partial charge is 0.329 e. The molecule has 0 radical (unpaired) electrons. The number of nitrogens with two attached hydrogens (primary N) is 1. The molecule has 0 aromatic carbocycles. The first kappa shape index (κ1) is 13.3. The first-order chi connectivity index (χ1) is 8.47. The molecule has 1 unspecified atom stereocenters. The number of nitrogens with zero attached hydrogens (tertiary/aromatic N) is 3. The highest BCUT2D eigenvalue weighted by atomic mass is 19.4.